The summed E-state index contributed by atoms with van der Waals surface area (Å²) >= 11 is 0. The number of aromatic nitrogens is 3. The number of aryl methyl sites for hydroxylation is 2. The zero-order chi connectivity index (χ0) is 16.8. The summed E-state index contributed by atoms with van der Waals surface area (Å²) in [5, 5.41) is 7.41. The van der Waals surface area contributed by atoms with Gasteiger partial charge in [0.15, 0.2) is 5.82 Å². The number of hydrogen-bond acceptors (Lipinski definition) is 3. The van der Waals surface area contributed by atoms with E-state index in [4.69, 9.17) is 0 Å². The number of amides is 2. The molecule has 1 N–H and O–H groups in total. The number of likely N-dealkylation sites (tertiary alicyclic amines) is 1. The van der Waals surface area contributed by atoms with E-state index in [1.165, 1.54) is 0 Å². The highest BCUT2D eigenvalue weighted by molar-refractivity contribution is 5.90. The molecule has 1 aromatic carbocycles. The summed E-state index contributed by atoms with van der Waals surface area (Å²) in [7, 11) is 1.85. The van der Waals surface area contributed by atoms with E-state index < -0.39 is 0 Å². The minimum absolute atomic E-state index is 0.0122. The van der Waals surface area contributed by atoms with Gasteiger partial charge in [-0.25, -0.2) is 9.78 Å². The Labute approximate surface area is 141 Å². The number of hydrogen-bond donors (Lipinski definition) is 1. The number of urea groups is 1. The largest absolute Gasteiger partial charge is 0.322 e. The summed E-state index contributed by atoms with van der Waals surface area (Å²) in [5.74, 6) is 2.10. The standard InChI is InChI=1S/C18H23N5O/c1-11-4-5-14(8-16(11)17-19-10-22(3)21-17)20-18(24)23-9-13-7-15(23)6-12(13)2/h4-5,8,10,12-13,15H,6-7,9H2,1-3H3,(H,20,24)/t12-,13-,15+/m0/s1. The second kappa shape index (κ2) is 5.61. The monoisotopic (exact) mass is 325 g/mol. The SMILES string of the molecule is Cc1ccc(NC(=O)N2C[C@@H]3C[C@H]2C[C@@H]3C)cc1-c1ncn(C)n1. The van der Waals surface area contributed by atoms with Gasteiger partial charge in [0.05, 0.1) is 0 Å². The Bertz CT molecular complexity index is 781. The molecule has 1 aliphatic heterocycles. The van der Waals surface area contributed by atoms with Crippen LogP contribution in [0.2, 0.25) is 0 Å². The van der Waals surface area contributed by atoms with Crippen LogP contribution < -0.4 is 5.32 Å². The smallest absolute Gasteiger partial charge is 0.321 e. The topological polar surface area (TPSA) is 63.1 Å². The Kier molecular flexibility index (Phi) is 3.55. The van der Waals surface area contributed by atoms with Crippen LogP contribution in [0.3, 0.4) is 0 Å². The average Bonchev–Trinajstić information content (AvgIpc) is 3.24. The van der Waals surface area contributed by atoms with E-state index in [-0.39, 0.29) is 6.03 Å². The molecule has 2 aliphatic rings. The number of nitrogens with one attached hydrogen (secondary N) is 1. The lowest BCUT2D eigenvalue weighted by Crippen LogP contribution is -2.42. The van der Waals surface area contributed by atoms with Gasteiger partial charge in [0.1, 0.15) is 6.33 Å². The number of carbonyl (C=O) groups is 1. The summed E-state index contributed by atoms with van der Waals surface area (Å²) in [6.45, 7) is 5.21. The highest BCUT2D eigenvalue weighted by atomic mass is 16.2. The van der Waals surface area contributed by atoms with Gasteiger partial charge >= 0.3 is 6.03 Å². The van der Waals surface area contributed by atoms with Crippen molar-refractivity contribution in [3.05, 3.63) is 30.1 Å². The van der Waals surface area contributed by atoms with E-state index >= 15 is 0 Å². The van der Waals surface area contributed by atoms with E-state index in [2.05, 4.69) is 22.3 Å². The third-order valence-electron chi connectivity index (χ3n) is 5.49. The maximum Gasteiger partial charge on any atom is 0.322 e. The molecule has 2 amide bonds. The van der Waals surface area contributed by atoms with Crippen molar-refractivity contribution in [2.45, 2.75) is 32.7 Å². The quantitative estimate of drug-likeness (QED) is 0.923. The molecule has 1 aliphatic carbocycles. The normalized spacial score (nSPS) is 25.3. The van der Waals surface area contributed by atoms with Crippen molar-refractivity contribution >= 4 is 11.7 Å². The van der Waals surface area contributed by atoms with Crippen LogP contribution in [0.25, 0.3) is 11.4 Å². The summed E-state index contributed by atoms with van der Waals surface area (Å²) in [5.41, 5.74) is 2.84. The first kappa shape index (κ1) is 15.2. The molecule has 2 heterocycles. The van der Waals surface area contributed by atoms with Crippen molar-refractivity contribution in [2.75, 3.05) is 11.9 Å². The van der Waals surface area contributed by atoms with E-state index in [0.29, 0.717) is 17.8 Å². The van der Waals surface area contributed by atoms with E-state index in [1.54, 1.807) is 11.0 Å². The molecule has 2 bridgehead atoms. The lowest BCUT2D eigenvalue weighted by Gasteiger charge is -2.30. The second-order valence-electron chi connectivity index (χ2n) is 7.22. The molecule has 6 nitrogen and oxygen atoms in total. The number of fused-ring (bicyclic) bond motifs is 2. The van der Waals surface area contributed by atoms with Gasteiger partial charge in [-0.3, -0.25) is 4.68 Å². The van der Waals surface area contributed by atoms with Crippen LogP contribution in [0, 0.1) is 18.8 Å². The molecule has 24 heavy (non-hydrogen) atoms. The molecule has 0 radical (unpaired) electrons. The summed E-state index contributed by atoms with van der Waals surface area (Å²) in [6, 6.07) is 6.32. The van der Waals surface area contributed by atoms with Crippen molar-refractivity contribution in [1.29, 1.82) is 0 Å². The van der Waals surface area contributed by atoms with Crippen LogP contribution in [0.5, 0.6) is 0 Å². The first-order chi connectivity index (χ1) is 11.5. The number of benzene rings is 1. The van der Waals surface area contributed by atoms with Crippen LogP contribution in [0.15, 0.2) is 24.5 Å². The Morgan fingerprint density at radius 2 is 2.17 bits per heavy atom. The first-order valence-electron chi connectivity index (χ1n) is 8.55. The third-order valence-corrected chi connectivity index (χ3v) is 5.49. The van der Waals surface area contributed by atoms with E-state index in [0.717, 1.165) is 42.1 Å². The van der Waals surface area contributed by atoms with Gasteiger partial charge in [-0.05, 0) is 49.3 Å². The summed E-state index contributed by atoms with van der Waals surface area (Å²) in [4.78, 5) is 18.9. The molecule has 2 fully saturated rings. The van der Waals surface area contributed by atoms with Crippen molar-refractivity contribution in [1.82, 2.24) is 19.7 Å². The summed E-state index contributed by atoms with van der Waals surface area (Å²) in [6.07, 6.45) is 3.98. The van der Waals surface area contributed by atoms with Crippen molar-refractivity contribution in [2.24, 2.45) is 18.9 Å². The van der Waals surface area contributed by atoms with Crippen LogP contribution in [-0.2, 0) is 7.05 Å². The third kappa shape index (κ3) is 2.56. The highest BCUT2D eigenvalue weighted by Crippen LogP contribution is 2.41. The Morgan fingerprint density at radius 1 is 1.33 bits per heavy atom. The predicted octanol–water partition coefficient (Wildman–Crippen LogP) is 3.05. The molecule has 2 aromatic rings. The fourth-order valence-corrected chi connectivity index (χ4v) is 4.06. The Morgan fingerprint density at radius 3 is 2.79 bits per heavy atom. The van der Waals surface area contributed by atoms with Crippen LogP contribution in [0.1, 0.15) is 25.3 Å². The highest BCUT2D eigenvalue weighted by Gasteiger charge is 2.44. The molecule has 1 saturated carbocycles. The molecule has 6 heteroatoms. The van der Waals surface area contributed by atoms with Crippen LogP contribution in [0.4, 0.5) is 10.5 Å². The fourth-order valence-electron chi connectivity index (χ4n) is 4.06. The fraction of sp³-hybridized carbons (Fsp3) is 0.500. The van der Waals surface area contributed by atoms with Gasteiger partial charge in [0.25, 0.3) is 0 Å². The number of carbonyl (C=O) groups excluding carboxylic acids is 1. The van der Waals surface area contributed by atoms with Crippen molar-refractivity contribution < 1.29 is 4.79 Å². The zero-order valence-corrected chi connectivity index (χ0v) is 14.4. The van der Waals surface area contributed by atoms with Crippen LogP contribution in [-0.4, -0.2) is 38.3 Å². The second-order valence-corrected chi connectivity index (χ2v) is 7.22. The maximum absolute atomic E-state index is 12.6. The van der Waals surface area contributed by atoms with Gasteiger partial charge in [0.2, 0.25) is 0 Å². The molecule has 126 valence electrons. The van der Waals surface area contributed by atoms with Gasteiger partial charge in [-0.2, -0.15) is 5.10 Å². The molecular formula is C18H23N5O. The molecule has 1 saturated heterocycles. The predicted molar refractivity (Wildman–Crippen MR) is 92.6 cm³/mol. The molecule has 0 unspecified atom stereocenters. The van der Waals surface area contributed by atoms with Crippen molar-refractivity contribution in [3.63, 3.8) is 0 Å². The lowest BCUT2D eigenvalue weighted by molar-refractivity contribution is 0.181. The van der Waals surface area contributed by atoms with E-state index in [9.17, 15) is 4.79 Å². The first-order valence-corrected chi connectivity index (χ1v) is 8.55. The average molecular weight is 325 g/mol. The molecule has 0 spiro atoms. The number of anilines is 1. The minimum atomic E-state index is 0.0122. The number of nitrogens with zero attached hydrogens (tertiary/aromatic N) is 4. The molecule has 3 atom stereocenters. The Hall–Kier alpha value is -2.37. The van der Waals surface area contributed by atoms with Gasteiger partial charge in [-0.15, -0.1) is 0 Å². The lowest BCUT2D eigenvalue weighted by atomic mass is 9.97. The molecule has 1 aromatic heterocycles. The molecule has 4 rings (SSSR count). The molecular weight excluding hydrogens is 302 g/mol. The van der Waals surface area contributed by atoms with Crippen molar-refractivity contribution in [3.8, 4) is 11.4 Å². The maximum atomic E-state index is 12.6. The van der Waals surface area contributed by atoms with E-state index in [1.807, 2.05) is 37.1 Å². The Balaban J connectivity index is 1.52. The summed E-state index contributed by atoms with van der Waals surface area (Å²) < 4.78 is 1.68. The van der Waals surface area contributed by atoms with Gasteiger partial charge < -0.3 is 10.2 Å². The number of piperidine rings is 1. The number of rotatable bonds is 2. The van der Waals surface area contributed by atoms with Gasteiger partial charge in [-0.1, -0.05) is 13.0 Å². The zero-order valence-electron chi connectivity index (χ0n) is 14.4. The van der Waals surface area contributed by atoms with Crippen LogP contribution >= 0.6 is 0 Å². The van der Waals surface area contributed by atoms with Gasteiger partial charge in [0, 0.05) is 30.9 Å². The minimum Gasteiger partial charge on any atom is -0.321 e.